The first-order valence-electron chi connectivity index (χ1n) is 8.96. The van der Waals surface area contributed by atoms with Gasteiger partial charge < -0.3 is 11.1 Å². The van der Waals surface area contributed by atoms with E-state index in [1.165, 1.54) is 22.6 Å². The largest absolute Gasteiger partial charge is 0.329 e. The lowest BCUT2D eigenvalue weighted by molar-refractivity contribution is -0.125. The van der Waals surface area contributed by atoms with E-state index in [0.29, 0.717) is 6.54 Å². The Hall–Kier alpha value is -1.04. The average Bonchev–Trinajstić information content (AvgIpc) is 2.61. The maximum Gasteiger partial charge on any atom is 0.231 e. The third-order valence-electron chi connectivity index (χ3n) is 5.42. The molecule has 2 rings (SSSR count). The summed E-state index contributed by atoms with van der Waals surface area (Å²) in [6, 6.07) is 6.20. The minimum Gasteiger partial charge on any atom is -0.329 e. The van der Waals surface area contributed by atoms with Gasteiger partial charge in [0.05, 0.1) is 5.41 Å². The van der Waals surface area contributed by atoms with E-state index >= 15 is 0 Å². The van der Waals surface area contributed by atoms with Gasteiger partial charge in [0.2, 0.25) is 5.91 Å². The molecule has 134 valence electrons. The van der Waals surface area contributed by atoms with Gasteiger partial charge in [0.15, 0.2) is 0 Å². The normalized spacial score (nSPS) is 16.2. The first-order chi connectivity index (χ1) is 11.6. The third-order valence-corrected chi connectivity index (χ3v) is 6.36. The second kappa shape index (κ2) is 8.88. The molecule has 3 N–H and O–H groups in total. The first kappa shape index (κ1) is 19.3. The highest BCUT2D eigenvalue weighted by molar-refractivity contribution is 7.99. The smallest absolute Gasteiger partial charge is 0.231 e. The third kappa shape index (κ3) is 4.32. The van der Waals surface area contributed by atoms with E-state index < -0.39 is 5.41 Å². The van der Waals surface area contributed by atoms with Crippen molar-refractivity contribution in [2.75, 3.05) is 36.5 Å². The molecule has 1 heterocycles. The van der Waals surface area contributed by atoms with Crippen molar-refractivity contribution in [3.05, 3.63) is 29.3 Å². The fraction of sp³-hybridized carbons (Fsp3) is 0.632. The highest BCUT2D eigenvalue weighted by atomic mass is 32.2. The maximum atomic E-state index is 12.8. The van der Waals surface area contributed by atoms with Crippen molar-refractivity contribution >= 4 is 23.4 Å². The van der Waals surface area contributed by atoms with Gasteiger partial charge in [-0.1, -0.05) is 26.0 Å². The Morgan fingerprint density at radius 3 is 2.54 bits per heavy atom. The minimum atomic E-state index is -0.466. The van der Waals surface area contributed by atoms with Crippen molar-refractivity contribution < 1.29 is 4.79 Å². The molecule has 0 unspecified atom stereocenters. The molecule has 0 spiro atoms. The summed E-state index contributed by atoms with van der Waals surface area (Å²) in [6.07, 6.45) is 1.52. The molecule has 1 aromatic carbocycles. The van der Waals surface area contributed by atoms with Gasteiger partial charge in [0.1, 0.15) is 0 Å². The van der Waals surface area contributed by atoms with E-state index in [0.717, 1.165) is 38.2 Å². The Balaban J connectivity index is 2.13. The van der Waals surface area contributed by atoms with E-state index in [1.807, 2.05) is 37.7 Å². The summed E-state index contributed by atoms with van der Waals surface area (Å²) in [5.74, 6) is 2.47. The topological polar surface area (TPSA) is 58.4 Å². The molecule has 1 aliphatic rings. The number of hydrogen-bond donors (Lipinski definition) is 2. The molecule has 4 nitrogen and oxygen atoms in total. The number of rotatable bonds is 7. The van der Waals surface area contributed by atoms with Crippen LogP contribution in [-0.2, 0) is 11.3 Å². The van der Waals surface area contributed by atoms with Gasteiger partial charge in [-0.15, -0.1) is 0 Å². The highest BCUT2D eigenvalue weighted by Gasteiger charge is 2.33. The van der Waals surface area contributed by atoms with Gasteiger partial charge in [-0.05, 0) is 37.0 Å². The van der Waals surface area contributed by atoms with Crippen molar-refractivity contribution in [2.45, 2.75) is 40.2 Å². The lowest BCUT2D eigenvalue weighted by Gasteiger charge is -2.30. The Labute approximate surface area is 150 Å². The van der Waals surface area contributed by atoms with Crippen LogP contribution >= 0.6 is 11.8 Å². The first-order valence-corrected chi connectivity index (χ1v) is 10.1. The molecule has 24 heavy (non-hydrogen) atoms. The van der Waals surface area contributed by atoms with Gasteiger partial charge in [-0.25, -0.2) is 0 Å². The van der Waals surface area contributed by atoms with Crippen LogP contribution in [0.1, 0.15) is 37.8 Å². The van der Waals surface area contributed by atoms with Crippen LogP contribution in [0.5, 0.6) is 0 Å². The number of anilines is 1. The highest BCUT2D eigenvalue weighted by Crippen LogP contribution is 2.29. The molecule has 0 aliphatic carbocycles. The fourth-order valence-electron chi connectivity index (χ4n) is 3.20. The summed E-state index contributed by atoms with van der Waals surface area (Å²) < 4.78 is 0. The summed E-state index contributed by atoms with van der Waals surface area (Å²) in [4.78, 5) is 15.3. The number of benzene rings is 1. The van der Waals surface area contributed by atoms with Gasteiger partial charge in [0, 0.05) is 43.4 Å². The van der Waals surface area contributed by atoms with E-state index in [2.05, 4.69) is 23.2 Å². The van der Waals surface area contributed by atoms with Crippen LogP contribution in [0, 0.1) is 12.3 Å². The molecule has 1 fully saturated rings. The zero-order valence-electron chi connectivity index (χ0n) is 15.2. The second-order valence-electron chi connectivity index (χ2n) is 6.62. The molecule has 1 aromatic rings. The number of hydrogen-bond acceptors (Lipinski definition) is 4. The van der Waals surface area contributed by atoms with Crippen molar-refractivity contribution in [3.8, 4) is 0 Å². The minimum absolute atomic E-state index is 0.0459. The molecule has 1 amide bonds. The predicted molar refractivity (Wildman–Crippen MR) is 104 cm³/mol. The lowest BCUT2D eigenvalue weighted by atomic mass is 9.81. The molecule has 0 saturated carbocycles. The lowest BCUT2D eigenvalue weighted by Crippen LogP contribution is -2.41. The Kier molecular flexibility index (Phi) is 7.14. The van der Waals surface area contributed by atoms with Crippen LogP contribution in [0.3, 0.4) is 0 Å². The van der Waals surface area contributed by atoms with Crippen molar-refractivity contribution in [1.82, 2.24) is 4.90 Å². The van der Waals surface area contributed by atoms with Crippen LogP contribution < -0.4 is 11.1 Å². The Bertz CT molecular complexity index is 543. The number of carbonyl (C=O) groups excluding carboxylic acids is 1. The second-order valence-corrected chi connectivity index (χ2v) is 7.85. The molecule has 0 bridgehead atoms. The Morgan fingerprint density at radius 2 is 1.96 bits per heavy atom. The summed E-state index contributed by atoms with van der Waals surface area (Å²) >= 11 is 2.02. The number of amides is 1. The molecular weight excluding hydrogens is 318 g/mol. The van der Waals surface area contributed by atoms with Gasteiger partial charge in [-0.3, -0.25) is 9.69 Å². The summed E-state index contributed by atoms with van der Waals surface area (Å²) in [6.45, 7) is 9.80. The number of carbonyl (C=O) groups is 1. The van der Waals surface area contributed by atoms with Gasteiger partial charge in [-0.2, -0.15) is 11.8 Å². The zero-order chi connectivity index (χ0) is 17.6. The van der Waals surface area contributed by atoms with Crippen molar-refractivity contribution in [3.63, 3.8) is 0 Å². The van der Waals surface area contributed by atoms with E-state index in [4.69, 9.17) is 5.73 Å². The quantitative estimate of drug-likeness (QED) is 0.793. The zero-order valence-corrected chi connectivity index (χ0v) is 16.0. The molecule has 0 aromatic heterocycles. The van der Waals surface area contributed by atoms with E-state index in [-0.39, 0.29) is 5.91 Å². The monoisotopic (exact) mass is 349 g/mol. The summed E-state index contributed by atoms with van der Waals surface area (Å²) in [7, 11) is 0. The van der Waals surface area contributed by atoms with Crippen molar-refractivity contribution in [1.29, 1.82) is 0 Å². The molecular formula is C19H31N3OS. The molecule has 5 heteroatoms. The number of thioether (sulfide) groups is 1. The van der Waals surface area contributed by atoms with Crippen LogP contribution in [-0.4, -0.2) is 41.9 Å². The van der Waals surface area contributed by atoms with Gasteiger partial charge >= 0.3 is 0 Å². The summed E-state index contributed by atoms with van der Waals surface area (Å²) in [5, 5.41) is 3.14. The van der Waals surface area contributed by atoms with Gasteiger partial charge in [0.25, 0.3) is 0 Å². The Morgan fingerprint density at radius 1 is 1.29 bits per heavy atom. The predicted octanol–water partition coefficient (Wildman–Crippen LogP) is 3.25. The van der Waals surface area contributed by atoms with Crippen molar-refractivity contribution in [2.24, 2.45) is 11.1 Å². The molecule has 0 radical (unpaired) electrons. The van der Waals surface area contributed by atoms with E-state index in [1.54, 1.807) is 0 Å². The maximum absolute atomic E-state index is 12.8. The fourth-order valence-corrected chi connectivity index (χ4v) is 4.18. The number of nitrogens with zero attached hydrogens (tertiary/aromatic N) is 1. The van der Waals surface area contributed by atoms with Crippen LogP contribution in [0.25, 0.3) is 0 Å². The molecule has 1 aliphatic heterocycles. The molecule has 1 saturated heterocycles. The van der Waals surface area contributed by atoms with Crippen LogP contribution in [0.4, 0.5) is 5.69 Å². The summed E-state index contributed by atoms with van der Waals surface area (Å²) in [5.41, 5.74) is 8.83. The van der Waals surface area contributed by atoms with Crippen LogP contribution in [0.15, 0.2) is 18.2 Å². The van der Waals surface area contributed by atoms with Crippen LogP contribution in [0.2, 0.25) is 0 Å². The molecule has 0 atom stereocenters. The SMILES string of the molecule is CCC(CC)(CN)C(=O)Nc1cccc(CN2CCSCC2)c1C. The van der Waals surface area contributed by atoms with E-state index in [9.17, 15) is 4.79 Å². The number of nitrogens with one attached hydrogen (secondary N) is 1. The average molecular weight is 350 g/mol. The number of nitrogens with two attached hydrogens (primary N) is 1. The standard InChI is InChI=1S/C19H31N3OS/c1-4-19(5-2,14-20)18(23)21-17-8-6-7-16(15(17)3)13-22-9-11-24-12-10-22/h6-8H,4-5,9-14,20H2,1-3H3,(H,21,23).